The van der Waals surface area contributed by atoms with E-state index in [4.69, 9.17) is 27.9 Å². The Morgan fingerprint density at radius 3 is 2.61 bits per heavy atom. The van der Waals surface area contributed by atoms with Crippen molar-refractivity contribution in [2.24, 2.45) is 0 Å². The summed E-state index contributed by atoms with van der Waals surface area (Å²) in [6, 6.07) is 17.0. The van der Waals surface area contributed by atoms with E-state index in [-0.39, 0.29) is 23.2 Å². The molecule has 4 rings (SSSR count). The molecular weight excluding hydrogens is 471 g/mol. The van der Waals surface area contributed by atoms with Crippen molar-refractivity contribution in [1.29, 1.82) is 0 Å². The van der Waals surface area contributed by atoms with Gasteiger partial charge in [0.1, 0.15) is 17.4 Å². The number of carbonyl (C=O) groups excluding carboxylic acids is 1. The molecule has 5 nitrogen and oxygen atoms in total. The third kappa shape index (κ3) is 5.69. The van der Waals surface area contributed by atoms with Crippen molar-refractivity contribution in [2.75, 3.05) is 5.32 Å². The fraction of sp³-hybridized carbons (Fsp3) is 0.0833. The zero-order valence-electron chi connectivity index (χ0n) is 17.1. The van der Waals surface area contributed by atoms with Gasteiger partial charge in [-0.25, -0.2) is 8.78 Å². The van der Waals surface area contributed by atoms with Gasteiger partial charge < -0.3 is 10.1 Å². The van der Waals surface area contributed by atoms with Gasteiger partial charge in [0.25, 0.3) is 5.91 Å². The zero-order valence-corrected chi connectivity index (χ0v) is 18.6. The van der Waals surface area contributed by atoms with Crippen molar-refractivity contribution in [3.05, 3.63) is 111 Å². The minimum atomic E-state index is -0.800. The van der Waals surface area contributed by atoms with E-state index in [2.05, 4.69) is 10.4 Å². The number of nitrogens with one attached hydrogen (secondary N) is 1. The van der Waals surface area contributed by atoms with Crippen molar-refractivity contribution < 1.29 is 18.3 Å². The van der Waals surface area contributed by atoms with Crippen molar-refractivity contribution in [1.82, 2.24) is 9.78 Å². The molecule has 0 saturated carbocycles. The Balaban J connectivity index is 1.42. The van der Waals surface area contributed by atoms with E-state index in [1.54, 1.807) is 41.2 Å². The first-order chi connectivity index (χ1) is 15.9. The molecule has 0 bridgehead atoms. The van der Waals surface area contributed by atoms with Gasteiger partial charge >= 0.3 is 0 Å². The van der Waals surface area contributed by atoms with Crippen LogP contribution in [0.1, 0.15) is 21.5 Å². The molecule has 0 atom stereocenters. The highest BCUT2D eigenvalue weighted by Crippen LogP contribution is 2.23. The van der Waals surface area contributed by atoms with Crippen LogP contribution in [-0.4, -0.2) is 15.7 Å². The lowest BCUT2D eigenvalue weighted by Gasteiger charge is -2.09. The van der Waals surface area contributed by atoms with Crippen LogP contribution in [0.15, 0.2) is 72.9 Å². The molecule has 1 N–H and O–H groups in total. The Bertz CT molecular complexity index is 1310. The third-order valence-electron chi connectivity index (χ3n) is 4.72. The van der Waals surface area contributed by atoms with Gasteiger partial charge in [0.15, 0.2) is 17.4 Å². The monoisotopic (exact) mass is 487 g/mol. The van der Waals surface area contributed by atoms with E-state index in [9.17, 15) is 13.6 Å². The molecule has 0 fully saturated rings. The number of ether oxygens (including phenoxy) is 1. The number of anilines is 1. The lowest BCUT2D eigenvalue weighted by molar-refractivity contribution is 0.102. The van der Waals surface area contributed by atoms with E-state index < -0.39 is 17.5 Å². The van der Waals surface area contributed by atoms with Crippen LogP contribution in [0.3, 0.4) is 0 Å². The average molecular weight is 488 g/mol. The van der Waals surface area contributed by atoms with Gasteiger partial charge in [0.05, 0.1) is 6.54 Å². The third-order valence-corrected chi connectivity index (χ3v) is 5.36. The second-order valence-electron chi connectivity index (χ2n) is 7.13. The summed E-state index contributed by atoms with van der Waals surface area (Å²) in [6.07, 6.45) is 1.60. The molecule has 9 heteroatoms. The molecule has 0 aliphatic heterocycles. The van der Waals surface area contributed by atoms with E-state index in [1.807, 2.05) is 18.2 Å². The van der Waals surface area contributed by atoms with Crippen LogP contribution in [0.25, 0.3) is 0 Å². The van der Waals surface area contributed by atoms with Gasteiger partial charge in [-0.1, -0.05) is 53.5 Å². The number of hydrogen-bond donors (Lipinski definition) is 1. The number of nitrogens with zero attached hydrogens (tertiary/aromatic N) is 2. The summed E-state index contributed by atoms with van der Waals surface area (Å²) in [5.41, 5.74) is 1.83. The van der Waals surface area contributed by atoms with Crippen LogP contribution in [-0.2, 0) is 13.2 Å². The van der Waals surface area contributed by atoms with E-state index in [0.717, 1.165) is 17.7 Å². The van der Waals surface area contributed by atoms with E-state index in [1.165, 1.54) is 6.07 Å². The molecule has 0 radical (unpaired) electrons. The molecule has 0 aliphatic rings. The smallest absolute Gasteiger partial charge is 0.256 e. The van der Waals surface area contributed by atoms with Gasteiger partial charge in [-0.2, -0.15) is 5.10 Å². The number of benzene rings is 3. The molecule has 1 heterocycles. The molecular formula is C24H17Cl2F2N3O2. The number of rotatable bonds is 7. The van der Waals surface area contributed by atoms with Gasteiger partial charge in [0.2, 0.25) is 0 Å². The summed E-state index contributed by atoms with van der Waals surface area (Å²) < 4.78 is 33.8. The highest BCUT2D eigenvalue weighted by molar-refractivity contribution is 6.33. The molecule has 0 aliphatic carbocycles. The number of hydrogen-bond acceptors (Lipinski definition) is 3. The first-order valence-electron chi connectivity index (χ1n) is 9.83. The zero-order chi connectivity index (χ0) is 23.4. The first kappa shape index (κ1) is 22.8. The molecule has 1 amide bonds. The quantitative estimate of drug-likeness (QED) is 0.330. The van der Waals surface area contributed by atoms with Crippen LogP contribution < -0.4 is 10.1 Å². The fourth-order valence-electron chi connectivity index (χ4n) is 3.10. The summed E-state index contributed by atoms with van der Waals surface area (Å²) in [6.45, 7) is 0.388. The van der Waals surface area contributed by atoms with Crippen LogP contribution in [0.2, 0.25) is 10.0 Å². The predicted octanol–water partition coefficient (Wildman–Crippen LogP) is 6.35. The molecule has 0 unspecified atom stereocenters. The average Bonchev–Trinajstić information content (AvgIpc) is 3.13. The van der Waals surface area contributed by atoms with E-state index in [0.29, 0.717) is 22.7 Å². The number of carbonyl (C=O) groups is 1. The van der Waals surface area contributed by atoms with Crippen LogP contribution in [0.5, 0.6) is 5.75 Å². The molecule has 0 saturated heterocycles. The van der Waals surface area contributed by atoms with Crippen LogP contribution in [0, 0.1) is 11.6 Å². The second kappa shape index (κ2) is 10.0. The van der Waals surface area contributed by atoms with Crippen molar-refractivity contribution in [3.8, 4) is 5.75 Å². The molecule has 1 aromatic heterocycles. The predicted molar refractivity (Wildman–Crippen MR) is 123 cm³/mol. The minimum absolute atomic E-state index is 0.00308. The molecule has 33 heavy (non-hydrogen) atoms. The number of halogens is 4. The van der Waals surface area contributed by atoms with Crippen LogP contribution >= 0.6 is 23.2 Å². The lowest BCUT2D eigenvalue weighted by Crippen LogP contribution is -2.13. The summed E-state index contributed by atoms with van der Waals surface area (Å²) in [7, 11) is 0. The Kier molecular flexibility index (Phi) is 6.91. The van der Waals surface area contributed by atoms with Gasteiger partial charge in [-0.15, -0.1) is 0 Å². The Morgan fingerprint density at radius 2 is 1.82 bits per heavy atom. The topological polar surface area (TPSA) is 56.2 Å². The fourth-order valence-corrected chi connectivity index (χ4v) is 3.49. The highest BCUT2D eigenvalue weighted by Gasteiger charge is 2.14. The SMILES string of the molecule is O=C(Nc1nn(Cc2ccccc2Cl)cc1Cl)c1cccc(COc2ccc(F)cc2F)c1. The maximum absolute atomic E-state index is 13.7. The van der Waals surface area contributed by atoms with Gasteiger partial charge in [-0.05, 0) is 41.5 Å². The summed E-state index contributed by atoms with van der Waals surface area (Å²) in [5, 5.41) is 7.89. The summed E-state index contributed by atoms with van der Waals surface area (Å²) in [5.74, 6) is -1.78. The Labute approximate surface area is 198 Å². The second-order valence-corrected chi connectivity index (χ2v) is 7.95. The summed E-state index contributed by atoms with van der Waals surface area (Å²) >= 11 is 12.4. The molecule has 0 spiro atoms. The lowest BCUT2D eigenvalue weighted by atomic mass is 10.1. The van der Waals surface area contributed by atoms with Crippen molar-refractivity contribution >= 4 is 34.9 Å². The van der Waals surface area contributed by atoms with Gasteiger partial charge in [0, 0.05) is 22.8 Å². The van der Waals surface area contributed by atoms with Crippen molar-refractivity contribution in [3.63, 3.8) is 0 Å². The molecule has 168 valence electrons. The van der Waals surface area contributed by atoms with Crippen LogP contribution in [0.4, 0.5) is 14.6 Å². The van der Waals surface area contributed by atoms with E-state index >= 15 is 0 Å². The largest absolute Gasteiger partial charge is 0.486 e. The van der Waals surface area contributed by atoms with Crippen molar-refractivity contribution in [2.45, 2.75) is 13.2 Å². The maximum atomic E-state index is 13.7. The van der Waals surface area contributed by atoms with Gasteiger partial charge in [-0.3, -0.25) is 9.48 Å². The highest BCUT2D eigenvalue weighted by atomic mass is 35.5. The standard InChI is InChI=1S/C24H17Cl2F2N3O2/c25-19-7-2-1-5-17(19)12-31-13-20(26)23(30-31)29-24(32)16-6-3-4-15(10-16)14-33-22-9-8-18(27)11-21(22)28/h1-11,13H,12,14H2,(H,29,30,32). The normalized spacial score (nSPS) is 10.8. The molecule has 4 aromatic rings. The Hall–Kier alpha value is -3.42. The Morgan fingerprint density at radius 1 is 1.00 bits per heavy atom. The number of aromatic nitrogens is 2. The summed E-state index contributed by atoms with van der Waals surface area (Å²) in [4.78, 5) is 12.7. The first-order valence-corrected chi connectivity index (χ1v) is 10.6. The minimum Gasteiger partial charge on any atom is -0.486 e. The molecule has 3 aromatic carbocycles. The number of amides is 1. The maximum Gasteiger partial charge on any atom is 0.256 e.